The van der Waals surface area contributed by atoms with Crippen molar-refractivity contribution in [2.45, 2.75) is 32.7 Å². The van der Waals surface area contributed by atoms with Crippen molar-refractivity contribution in [2.24, 2.45) is 0 Å². The Hall–Kier alpha value is -1.42. The van der Waals surface area contributed by atoms with Gasteiger partial charge in [0, 0.05) is 12.4 Å². The molecule has 0 spiro atoms. The summed E-state index contributed by atoms with van der Waals surface area (Å²) in [5.41, 5.74) is 0.645. The molecule has 0 aromatic carbocycles. The summed E-state index contributed by atoms with van der Waals surface area (Å²) in [5, 5.41) is 3.34. The number of ether oxygens (including phenoxy) is 1. The highest BCUT2D eigenvalue weighted by Gasteiger charge is 2.29. The maximum atomic E-state index is 11.6. The first kappa shape index (κ1) is 13.6. The van der Waals surface area contributed by atoms with Crippen molar-refractivity contribution in [2.75, 3.05) is 13.2 Å². The number of hydrogen-bond acceptors (Lipinski definition) is 4. The first-order valence-electron chi connectivity index (χ1n) is 5.93. The van der Waals surface area contributed by atoms with Crippen molar-refractivity contribution < 1.29 is 9.53 Å². The lowest BCUT2D eigenvalue weighted by atomic mass is 9.89. The van der Waals surface area contributed by atoms with Gasteiger partial charge in [0.2, 0.25) is 0 Å². The van der Waals surface area contributed by atoms with Gasteiger partial charge in [-0.05, 0) is 38.1 Å². The van der Waals surface area contributed by atoms with Crippen molar-refractivity contribution >= 4 is 5.97 Å². The minimum atomic E-state index is -0.399. The van der Waals surface area contributed by atoms with Crippen LogP contribution in [0.25, 0.3) is 0 Å². The molecule has 0 aliphatic carbocycles. The number of aromatic nitrogens is 1. The first-order chi connectivity index (χ1) is 8.12. The molecule has 1 heterocycles. The van der Waals surface area contributed by atoms with E-state index in [-0.39, 0.29) is 5.97 Å². The van der Waals surface area contributed by atoms with Crippen LogP contribution in [0.5, 0.6) is 0 Å². The summed E-state index contributed by atoms with van der Waals surface area (Å²) in [6.45, 7) is 7.04. The smallest absolute Gasteiger partial charge is 0.307 e. The van der Waals surface area contributed by atoms with Gasteiger partial charge in [-0.2, -0.15) is 0 Å². The maximum Gasteiger partial charge on any atom is 0.307 e. The molecule has 4 nitrogen and oxygen atoms in total. The van der Waals surface area contributed by atoms with Crippen LogP contribution in [0.3, 0.4) is 0 Å². The zero-order chi connectivity index (χ0) is 12.7. The highest BCUT2D eigenvalue weighted by molar-refractivity contribution is 5.71. The molecule has 1 unspecified atom stereocenters. The third kappa shape index (κ3) is 3.82. The lowest BCUT2D eigenvalue weighted by Crippen LogP contribution is -2.41. The predicted octanol–water partition coefficient (Wildman–Crippen LogP) is 1.86. The quantitative estimate of drug-likeness (QED) is 0.766. The molecule has 4 heteroatoms. The van der Waals surface area contributed by atoms with E-state index in [1.807, 2.05) is 32.9 Å². The standard InChI is InChI=1S/C13H20N2O2/c1-4-15-13(3,10-12(16)17-5-2)11-6-8-14-9-7-11/h6-9,15H,4-5,10H2,1-3H3. The Morgan fingerprint density at radius 1 is 1.41 bits per heavy atom. The maximum absolute atomic E-state index is 11.6. The molecule has 1 aromatic heterocycles. The van der Waals surface area contributed by atoms with Gasteiger partial charge in [0.05, 0.1) is 18.6 Å². The molecule has 17 heavy (non-hydrogen) atoms. The largest absolute Gasteiger partial charge is 0.466 e. The van der Waals surface area contributed by atoms with E-state index in [1.54, 1.807) is 12.4 Å². The summed E-state index contributed by atoms with van der Waals surface area (Å²) < 4.78 is 5.01. The lowest BCUT2D eigenvalue weighted by molar-refractivity contribution is -0.144. The fourth-order valence-electron chi connectivity index (χ4n) is 1.88. The van der Waals surface area contributed by atoms with Gasteiger partial charge in [0.15, 0.2) is 0 Å². The molecule has 0 aliphatic heterocycles. The van der Waals surface area contributed by atoms with E-state index >= 15 is 0 Å². The Bertz CT molecular complexity index is 354. The molecule has 0 fully saturated rings. The minimum Gasteiger partial charge on any atom is -0.466 e. The Labute approximate surface area is 102 Å². The molecular formula is C13H20N2O2. The van der Waals surface area contributed by atoms with Crippen molar-refractivity contribution in [3.63, 3.8) is 0 Å². The second-order valence-corrected chi connectivity index (χ2v) is 4.08. The number of pyridine rings is 1. The predicted molar refractivity (Wildman–Crippen MR) is 66.5 cm³/mol. The summed E-state index contributed by atoms with van der Waals surface area (Å²) in [5.74, 6) is -0.187. The molecule has 94 valence electrons. The number of esters is 1. The molecule has 0 amide bonds. The third-order valence-electron chi connectivity index (χ3n) is 2.69. The van der Waals surface area contributed by atoms with Crippen LogP contribution in [0.2, 0.25) is 0 Å². The summed E-state index contributed by atoms with van der Waals surface area (Å²) >= 11 is 0. The molecule has 0 radical (unpaired) electrons. The van der Waals surface area contributed by atoms with Crippen LogP contribution < -0.4 is 5.32 Å². The zero-order valence-electron chi connectivity index (χ0n) is 10.7. The van der Waals surface area contributed by atoms with E-state index in [0.29, 0.717) is 13.0 Å². The van der Waals surface area contributed by atoms with Crippen molar-refractivity contribution in [3.05, 3.63) is 30.1 Å². The highest BCUT2D eigenvalue weighted by Crippen LogP contribution is 2.24. The molecule has 0 saturated heterocycles. The van der Waals surface area contributed by atoms with E-state index in [1.165, 1.54) is 0 Å². The van der Waals surface area contributed by atoms with Crippen molar-refractivity contribution in [1.29, 1.82) is 0 Å². The number of nitrogens with zero attached hydrogens (tertiary/aromatic N) is 1. The van der Waals surface area contributed by atoms with Gasteiger partial charge in [-0.25, -0.2) is 0 Å². The Kier molecular flexibility index (Phi) is 5.10. The van der Waals surface area contributed by atoms with Crippen LogP contribution in [0.1, 0.15) is 32.8 Å². The SMILES string of the molecule is CCNC(C)(CC(=O)OCC)c1ccncc1. The Morgan fingerprint density at radius 2 is 2.06 bits per heavy atom. The molecule has 0 saturated carbocycles. The summed E-state index contributed by atoms with van der Waals surface area (Å²) in [6, 6.07) is 3.84. The molecule has 0 aliphatic rings. The van der Waals surface area contributed by atoms with Crippen LogP contribution >= 0.6 is 0 Å². The van der Waals surface area contributed by atoms with Crippen LogP contribution in [-0.4, -0.2) is 24.1 Å². The molecular weight excluding hydrogens is 216 g/mol. The highest BCUT2D eigenvalue weighted by atomic mass is 16.5. The summed E-state index contributed by atoms with van der Waals surface area (Å²) in [7, 11) is 0. The van der Waals surface area contributed by atoms with Gasteiger partial charge in [-0.15, -0.1) is 0 Å². The molecule has 1 aromatic rings. The second-order valence-electron chi connectivity index (χ2n) is 4.08. The van der Waals surface area contributed by atoms with E-state index in [4.69, 9.17) is 4.74 Å². The van der Waals surface area contributed by atoms with Crippen molar-refractivity contribution in [1.82, 2.24) is 10.3 Å². The first-order valence-corrected chi connectivity index (χ1v) is 5.93. The third-order valence-corrected chi connectivity index (χ3v) is 2.69. The van der Waals surface area contributed by atoms with E-state index in [2.05, 4.69) is 10.3 Å². The number of carbonyl (C=O) groups excluding carboxylic acids is 1. The number of rotatable bonds is 6. The second kappa shape index (κ2) is 6.35. The molecule has 0 bridgehead atoms. The van der Waals surface area contributed by atoms with Crippen molar-refractivity contribution in [3.8, 4) is 0 Å². The number of carbonyl (C=O) groups is 1. The average Bonchev–Trinajstić information content (AvgIpc) is 2.30. The summed E-state index contributed by atoms with van der Waals surface area (Å²) in [6.07, 6.45) is 3.78. The zero-order valence-corrected chi connectivity index (χ0v) is 10.7. The van der Waals surface area contributed by atoms with Gasteiger partial charge in [0.25, 0.3) is 0 Å². The fraction of sp³-hybridized carbons (Fsp3) is 0.538. The van der Waals surface area contributed by atoms with Gasteiger partial charge in [-0.1, -0.05) is 6.92 Å². The molecule has 1 atom stereocenters. The molecule has 1 rings (SSSR count). The van der Waals surface area contributed by atoms with Gasteiger partial charge in [0.1, 0.15) is 0 Å². The lowest BCUT2D eigenvalue weighted by Gasteiger charge is -2.30. The monoisotopic (exact) mass is 236 g/mol. The van der Waals surface area contributed by atoms with Gasteiger partial charge in [-0.3, -0.25) is 9.78 Å². The van der Waals surface area contributed by atoms with Gasteiger partial charge >= 0.3 is 5.97 Å². The minimum absolute atomic E-state index is 0.187. The average molecular weight is 236 g/mol. The molecule has 1 N–H and O–H groups in total. The van der Waals surface area contributed by atoms with Crippen LogP contribution in [0, 0.1) is 0 Å². The van der Waals surface area contributed by atoms with E-state index < -0.39 is 5.54 Å². The summed E-state index contributed by atoms with van der Waals surface area (Å²) in [4.78, 5) is 15.6. The normalized spacial score (nSPS) is 14.1. The number of nitrogens with one attached hydrogen (secondary N) is 1. The Morgan fingerprint density at radius 3 is 2.59 bits per heavy atom. The van der Waals surface area contributed by atoms with Crippen LogP contribution in [0.4, 0.5) is 0 Å². The Balaban J connectivity index is 2.86. The van der Waals surface area contributed by atoms with E-state index in [9.17, 15) is 4.79 Å². The van der Waals surface area contributed by atoms with E-state index in [0.717, 1.165) is 12.1 Å². The van der Waals surface area contributed by atoms with Gasteiger partial charge < -0.3 is 10.1 Å². The fourth-order valence-corrected chi connectivity index (χ4v) is 1.88. The topological polar surface area (TPSA) is 51.2 Å². The van der Waals surface area contributed by atoms with Crippen LogP contribution in [0.15, 0.2) is 24.5 Å². The van der Waals surface area contributed by atoms with Crippen LogP contribution in [-0.2, 0) is 15.1 Å². The number of hydrogen-bond donors (Lipinski definition) is 1.